The molecule has 0 amide bonds. The minimum Gasteiger partial charge on any atom is -0.289 e. The van der Waals surface area contributed by atoms with Crippen LogP contribution in [0.5, 0.6) is 0 Å². The highest BCUT2D eigenvalue weighted by atomic mass is 31.2. The molecule has 2 aliphatic rings. The van der Waals surface area contributed by atoms with E-state index in [-0.39, 0.29) is 0 Å². The fraction of sp³-hybridized carbons (Fsp3) is 0.500. The Labute approximate surface area is 115 Å². The van der Waals surface area contributed by atoms with E-state index < -0.39 is 23.9 Å². The summed E-state index contributed by atoms with van der Waals surface area (Å²) < 4.78 is 30.3. The van der Waals surface area contributed by atoms with Gasteiger partial charge in [0.25, 0.3) is 0 Å². The van der Waals surface area contributed by atoms with Crippen LogP contribution in [0.15, 0.2) is 18.2 Å². The number of hydrogen-bond acceptors (Lipinski definition) is 3. The van der Waals surface area contributed by atoms with Gasteiger partial charge in [-0.1, -0.05) is 6.07 Å². The van der Waals surface area contributed by atoms with Gasteiger partial charge in [0.05, 0.1) is 4.92 Å². The second-order valence-electron chi connectivity index (χ2n) is 5.09. The number of nitro groups is 1. The molecular weight excluding hydrogens is 284 g/mol. The average Bonchev–Trinajstić information content (AvgIpc) is 3.28. The van der Waals surface area contributed by atoms with Gasteiger partial charge in [-0.3, -0.25) is 14.7 Å². The van der Waals surface area contributed by atoms with Gasteiger partial charge in [-0.2, -0.15) is 4.39 Å². The molecule has 2 fully saturated rings. The summed E-state index contributed by atoms with van der Waals surface area (Å²) in [6.45, 7) is 3.45. The molecule has 2 saturated heterocycles. The van der Waals surface area contributed by atoms with E-state index in [1.165, 1.54) is 18.2 Å². The third kappa shape index (κ3) is 2.61. The Morgan fingerprint density at radius 3 is 2.30 bits per heavy atom. The van der Waals surface area contributed by atoms with E-state index in [0.717, 1.165) is 26.2 Å². The van der Waals surface area contributed by atoms with Crippen molar-refractivity contribution in [3.05, 3.63) is 39.7 Å². The second-order valence-corrected chi connectivity index (χ2v) is 8.00. The summed E-state index contributed by atoms with van der Waals surface area (Å²) in [5, 5.41) is 10.6. The Hall–Kier alpha value is -1.30. The smallest absolute Gasteiger partial charge is 0.289 e. The van der Waals surface area contributed by atoms with Crippen LogP contribution in [-0.2, 0) is 11.0 Å². The number of aryl methyl sites for hydroxylation is 1. The third-order valence-corrected chi connectivity index (χ3v) is 7.01. The van der Waals surface area contributed by atoms with Crippen LogP contribution in [-0.4, -0.2) is 46.6 Å². The lowest BCUT2D eigenvalue weighted by atomic mass is 10.1. The maximum Gasteiger partial charge on any atom is 0.304 e. The summed E-state index contributed by atoms with van der Waals surface area (Å²) >= 11 is 0. The van der Waals surface area contributed by atoms with E-state index in [1.807, 2.05) is 9.34 Å². The Kier molecular flexibility index (Phi) is 3.36. The molecule has 0 radical (unpaired) electrons. The molecule has 108 valence electrons. The molecule has 0 aliphatic carbocycles. The summed E-state index contributed by atoms with van der Waals surface area (Å²) in [6, 6.07) is 3.88. The fourth-order valence-electron chi connectivity index (χ4n) is 2.30. The van der Waals surface area contributed by atoms with E-state index in [4.69, 9.17) is 0 Å². The van der Waals surface area contributed by atoms with Crippen LogP contribution in [0.3, 0.4) is 0 Å². The number of hydrogen-bond donors (Lipinski definition) is 0. The zero-order valence-electron chi connectivity index (χ0n) is 10.9. The molecule has 0 bridgehead atoms. The molecule has 0 spiro atoms. The van der Waals surface area contributed by atoms with Crippen molar-refractivity contribution in [1.82, 2.24) is 9.34 Å². The van der Waals surface area contributed by atoms with Crippen LogP contribution in [0.4, 0.5) is 10.1 Å². The Balaban J connectivity index is 1.70. The van der Waals surface area contributed by atoms with Crippen LogP contribution < -0.4 is 0 Å². The Morgan fingerprint density at radius 1 is 1.25 bits per heavy atom. The SMILES string of the molecule is O=[N+]([O-])c1ccc(CCP(=O)(N2CC2)N2CC2)cc1F. The molecule has 6 nitrogen and oxygen atoms in total. The lowest BCUT2D eigenvalue weighted by Gasteiger charge is -2.19. The van der Waals surface area contributed by atoms with Gasteiger partial charge < -0.3 is 0 Å². The van der Waals surface area contributed by atoms with Gasteiger partial charge >= 0.3 is 5.69 Å². The zero-order chi connectivity index (χ0) is 14.3. The molecule has 0 saturated carbocycles. The van der Waals surface area contributed by atoms with Crippen LogP contribution in [0, 0.1) is 15.9 Å². The molecular formula is C12H15FN3O3P. The molecule has 8 heteroatoms. The maximum absolute atomic E-state index is 13.5. The van der Waals surface area contributed by atoms with E-state index in [1.54, 1.807) is 0 Å². The van der Waals surface area contributed by atoms with Crippen LogP contribution in [0.2, 0.25) is 0 Å². The predicted molar refractivity (Wildman–Crippen MR) is 72.4 cm³/mol. The average molecular weight is 299 g/mol. The molecule has 1 aromatic rings. The van der Waals surface area contributed by atoms with Gasteiger partial charge in [0.1, 0.15) is 0 Å². The van der Waals surface area contributed by atoms with Gasteiger partial charge in [0.15, 0.2) is 0 Å². The van der Waals surface area contributed by atoms with E-state index in [9.17, 15) is 19.1 Å². The third-order valence-electron chi connectivity index (χ3n) is 3.63. The second kappa shape index (κ2) is 4.91. The summed E-state index contributed by atoms with van der Waals surface area (Å²) in [4.78, 5) is 9.81. The van der Waals surface area contributed by atoms with E-state index >= 15 is 0 Å². The van der Waals surface area contributed by atoms with E-state index in [0.29, 0.717) is 18.1 Å². The fourth-order valence-corrected chi connectivity index (χ4v) is 5.21. The number of benzene rings is 1. The van der Waals surface area contributed by atoms with Crippen molar-refractivity contribution in [2.75, 3.05) is 32.3 Å². The van der Waals surface area contributed by atoms with Crippen molar-refractivity contribution in [2.24, 2.45) is 0 Å². The quantitative estimate of drug-likeness (QED) is 0.348. The molecule has 0 aromatic heterocycles. The molecule has 0 unspecified atom stereocenters. The Morgan fingerprint density at radius 2 is 1.85 bits per heavy atom. The first-order valence-electron chi connectivity index (χ1n) is 6.53. The highest BCUT2D eigenvalue weighted by Crippen LogP contribution is 2.60. The normalized spacial score (nSPS) is 19.1. The molecule has 2 heterocycles. The first-order valence-corrected chi connectivity index (χ1v) is 8.33. The predicted octanol–water partition coefficient (Wildman–Crippen LogP) is 2.10. The van der Waals surface area contributed by atoms with Crippen molar-refractivity contribution < 1.29 is 13.9 Å². The van der Waals surface area contributed by atoms with Crippen LogP contribution >= 0.6 is 7.44 Å². The van der Waals surface area contributed by atoms with Crippen LogP contribution in [0.25, 0.3) is 0 Å². The lowest BCUT2D eigenvalue weighted by molar-refractivity contribution is -0.387. The summed E-state index contributed by atoms with van der Waals surface area (Å²) in [7, 11) is -2.44. The van der Waals surface area contributed by atoms with E-state index in [2.05, 4.69) is 0 Å². The van der Waals surface area contributed by atoms with Gasteiger partial charge in [-0.15, -0.1) is 0 Å². The van der Waals surface area contributed by atoms with Crippen molar-refractivity contribution in [3.63, 3.8) is 0 Å². The summed E-state index contributed by atoms with van der Waals surface area (Å²) in [6.07, 6.45) is 0.948. The zero-order valence-corrected chi connectivity index (χ0v) is 11.8. The lowest BCUT2D eigenvalue weighted by Crippen LogP contribution is -2.10. The van der Waals surface area contributed by atoms with Gasteiger partial charge in [-0.25, -0.2) is 9.34 Å². The van der Waals surface area contributed by atoms with Gasteiger partial charge in [0.2, 0.25) is 13.3 Å². The Bertz CT molecular complexity index is 586. The molecule has 0 N–H and O–H groups in total. The topological polar surface area (TPSA) is 66.2 Å². The number of nitrogens with zero attached hydrogens (tertiary/aromatic N) is 3. The highest BCUT2D eigenvalue weighted by Gasteiger charge is 2.46. The highest BCUT2D eigenvalue weighted by molar-refractivity contribution is 7.59. The first-order chi connectivity index (χ1) is 9.50. The summed E-state index contributed by atoms with van der Waals surface area (Å²) in [5.41, 5.74) is 0.130. The number of halogens is 1. The van der Waals surface area contributed by atoms with Crippen molar-refractivity contribution in [1.29, 1.82) is 0 Å². The largest absolute Gasteiger partial charge is 0.304 e. The van der Waals surface area contributed by atoms with Crippen molar-refractivity contribution >= 4 is 13.1 Å². The minimum atomic E-state index is -2.44. The van der Waals surface area contributed by atoms with Gasteiger partial charge in [0, 0.05) is 38.4 Å². The molecule has 2 aliphatic heterocycles. The molecule has 1 aromatic carbocycles. The monoisotopic (exact) mass is 299 g/mol. The summed E-state index contributed by atoms with van der Waals surface area (Å²) in [5.74, 6) is -0.833. The molecule has 3 rings (SSSR count). The molecule has 0 atom stereocenters. The first kappa shape index (κ1) is 13.7. The van der Waals surface area contributed by atoms with Crippen molar-refractivity contribution in [3.8, 4) is 0 Å². The standard InChI is InChI=1S/C12H15FN3O3P/c13-11-9-10(1-2-12(11)16(17)18)3-8-20(19,14-4-5-14)15-6-7-15/h1-2,9H,3-8H2. The number of nitro benzene ring substituents is 1. The number of rotatable bonds is 6. The molecule has 20 heavy (non-hydrogen) atoms. The minimum absolute atomic E-state index is 0.471. The van der Waals surface area contributed by atoms with Crippen LogP contribution in [0.1, 0.15) is 5.56 Å². The maximum atomic E-state index is 13.5. The van der Waals surface area contributed by atoms with Crippen molar-refractivity contribution in [2.45, 2.75) is 6.42 Å². The van der Waals surface area contributed by atoms with Gasteiger partial charge in [-0.05, 0) is 18.1 Å².